The first-order chi connectivity index (χ1) is 8.78. The molecule has 2 fully saturated rings. The molecule has 3 atom stereocenters. The minimum absolute atomic E-state index is 0.488. The van der Waals surface area contributed by atoms with E-state index in [0.717, 1.165) is 12.5 Å². The molecule has 2 aliphatic heterocycles. The van der Waals surface area contributed by atoms with Crippen LogP contribution in [-0.2, 0) is 4.74 Å². The molecule has 2 aliphatic rings. The average molecular weight is 254 g/mol. The van der Waals surface area contributed by atoms with E-state index in [1.165, 1.54) is 58.3 Å². The molecule has 106 valence electrons. The van der Waals surface area contributed by atoms with Crippen LogP contribution >= 0.6 is 0 Å². The van der Waals surface area contributed by atoms with Gasteiger partial charge in [0.2, 0.25) is 0 Å². The van der Waals surface area contributed by atoms with Gasteiger partial charge in [0.1, 0.15) is 0 Å². The Hall–Kier alpha value is -0.120. The highest BCUT2D eigenvalue weighted by Crippen LogP contribution is 2.22. The van der Waals surface area contributed by atoms with Gasteiger partial charge in [0, 0.05) is 13.1 Å². The lowest BCUT2D eigenvalue weighted by molar-refractivity contribution is 0.0220. The fourth-order valence-electron chi connectivity index (χ4n) is 3.27. The second kappa shape index (κ2) is 7.46. The predicted octanol–water partition coefficient (Wildman–Crippen LogP) is 2.27. The second-order valence-corrected chi connectivity index (χ2v) is 6.12. The Bertz CT molecular complexity index is 235. The summed E-state index contributed by atoms with van der Waals surface area (Å²) in [5.74, 6) is 0.851. The molecule has 0 aliphatic carbocycles. The monoisotopic (exact) mass is 254 g/mol. The predicted molar refractivity (Wildman–Crippen MR) is 75.9 cm³/mol. The minimum atomic E-state index is 0.488. The lowest BCUT2D eigenvalue weighted by atomic mass is 9.97. The summed E-state index contributed by atoms with van der Waals surface area (Å²) in [5, 5.41) is 3.57. The van der Waals surface area contributed by atoms with Gasteiger partial charge in [-0.3, -0.25) is 0 Å². The van der Waals surface area contributed by atoms with Crippen molar-refractivity contribution in [2.24, 2.45) is 5.92 Å². The summed E-state index contributed by atoms with van der Waals surface area (Å²) in [4.78, 5) is 2.63. The highest BCUT2D eigenvalue weighted by molar-refractivity contribution is 4.79. The summed E-state index contributed by atoms with van der Waals surface area (Å²) in [6.07, 6.45) is 7.50. The Morgan fingerprint density at radius 3 is 2.89 bits per heavy atom. The van der Waals surface area contributed by atoms with E-state index in [1.54, 1.807) is 0 Å². The van der Waals surface area contributed by atoms with E-state index >= 15 is 0 Å². The van der Waals surface area contributed by atoms with Crippen molar-refractivity contribution in [2.75, 3.05) is 32.7 Å². The summed E-state index contributed by atoms with van der Waals surface area (Å²) >= 11 is 0. The van der Waals surface area contributed by atoms with E-state index in [0.29, 0.717) is 12.2 Å². The number of rotatable bonds is 6. The Morgan fingerprint density at radius 1 is 1.28 bits per heavy atom. The van der Waals surface area contributed by atoms with Gasteiger partial charge in [0.15, 0.2) is 0 Å². The van der Waals surface area contributed by atoms with Gasteiger partial charge < -0.3 is 15.0 Å². The summed E-state index contributed by atoms with van der Waals surface area (Å²) in [7, 11) is 0. The third-order valence-corrected chi connectivity index (χ3v) is 4.24. The van der Waals surface area contributed by atoms with Crippen molar-refractivity contribution in [3.63, 3.8) is 0 Å². The molecular weight excluding hydrogens is 224 g/mol. The highest BCUT2D eigenvalue weighted by Gasteiger charge is 2.26. The normalized spacial score (nSPS) is 34.0. The van der Waals surface area contributed by atoms with Crippen LogP contribution in [0.25, 0.3) is 0 Å². The van der Waals surface area contributed by atoms with E-state index in [-0.39, 0.29) is 0 Å². The molecule has 3 unspecified atom stereocenters. The van der Waals surface area contributed by atoms with Crippen molar-refractivity contribution in [2.45, 2.75) is 58.2 Å². The number of hydrogen-bond donors (Lipinski definition) is 1. The smallest absolute Gasteiger partial charge is 0.0706 e. The Labute approximate surface area is 112 Å². The van der Waals surface area contributed by atoms with Crippen LogP contribution in [0.3, 0.4) is 0 Å². The SMILES string of the molecule is CCCNCC1CCCN(CC2CCC(C)O2)C1. The number of ether oxygens (including phenoxy) is 1. The van der Waals surface area contributed by atoms with Crippen molar-refractivity contribution in [1.29, 1.82) is 0 Å². The van der Waals surface area contributed by atoms with E-state index in [2.05, 4.69) is 24.1 Å². The summed E-state index contributed by atoms with van der Waals surface area (Å²) in [6, 6.07) is 0. The molecule has 0 aromatic heterocycles. The van der Waals surface area contributed by atoms with Gasteiger partial charge in [0.25, 0.3) is 0 Å². The molecule has 0 saturated carbocycles. The molecule has 0 spiro atoms. The van der Waals surface area contributed by atoms with Crippen molar-refractivity contribution in [3.8, 4) is 0 Å². The molecule has 0 radical (unpaired) electrons. The van der Waals surface area contributed by atoms with Gasteiger partial charge in [-0.25, -0.2) is 0 Å². The lowest BCUT2D eigenvalue weighted by Gasteiger charge is -2.34. The zero-order valence-electron chi connectivity index (χ0n) is 12.2. The van der Waals surface area contributed by atoms with Gasteiger partial charge >= 0.3 is 0 Å². The molecule has 0 aromatic carbocycles. The van der Waals surface area contributed by atoms with Gasteiger partial charge in [0.05, 0.1) is 12.2 Å². The lowest BCUT2D eigenvalue weighted by Crippen LogP contribution is -2.43. The zero-order valence-corrected chi connectivity index (χ0v) is 12.2. The van der Waals surface area contributed by atoms with Crippen molar-refractivity contribution in [3.05, 3.63) is 0 Å². The quantitative estimate of drug-likeness (QED) is 0.736. The fourth-order valence-corrected chi connectivity index (χ4v) is 3.27. The van der Waals surface area contributed by atoms with Crippen LogP contribution in [-0.4, -0.2) is 49.8 Å². The van der Waals surface area contributed by atoms with Crippen LogP contribution in [0.5, 0.6) is 0 Å². The molecule has 2 rings (SSSR count). The molecule has 0 amide bonds. The Morgan fingerprint density at radius 2 is 2.17 bits per heavy atom. The van der Waals surface area contributed by atoms with Crippen LogP contribution in [0.15, 0.2) is 0 Å². The van der Waals surface area contributed by atoms with E-state index in [9.17, 15) is 0 Å². The van der Waals surface area contributed by atoms with E-state index < -0.39 is 0 Å². The van der Waals surface area contributed by atoms with E-state index in [1.807, 2.05) is 0 Å². The topological polar surface area (TPSA) is 24.5 Å². The van der Waals surface area contributed by atoms with Gasteiger partial charge in [-0.1, -0.05) is 6.92 Å². The molecule has 1 N–H and O–H groups in total. The maximum atomic E-state index is 5.94. The third kappa shape index (κ3) is 4.52. The summed E-state index contributed by atoms with van der Waals surface area (Å²) in [5.41, 5.74) is 0. The van der Waals surface area contributed by atoms with Crippen LogP contribution in [0.2, 0.25) is 0 Å². The van der Waals surface area contributed by atoms with Crippen molar-refractivity contribution >= 4 is 0 Å². The van der Waals surface area contributed by atoms with Gasteiger partial charge in [-0.2, -0.15) is 0 Å². The second-order valence-electron chi connectivity index (χ2n) is 6.12. The molecule has 2 heterocycles. The highest BCUT2D eigenvalue weighted by atomic mass is 16.5. The first kappa shape index (κ1) is 14.3. The number of hydrogen-bond acceptors (Lipinski definition) is 3. The number of nitrogens with zero attached hydrogens (tertiary/aromatic N) is 1. The first-order valence-electron chi connectivity index (χ1n) is 7.86. The van der Waals surface area contributed by atoms with Crippen LogP contribution < -0.4 is 5.32 Å². The van der Waals surface area contributed by atoms with Crippen LogP contribution in [0, 0.1) is 5.92 Å². The summed E-state index contributed by atoms with van der Waals surface area (Å²) in [6.45, 7) is 10.5. The average Bonchev–Trinajstić information content (AvgIpc) is 2.76. The van der Waals surface area contributed by atoms with Gasteiger partial charge in [-0.15, -0.1) is 0 Å². The fraction of sp³-hybridized carbons (Fsp3) is 1.00. The maximum Gasteiger partial charge on any atom is 0.0706 e. The number of piperidine rings is 1. The zero-order chi connectivity index (χ0) is 12.8. The van der Waals surface area contributed by atoms with Gasteiger partial charge in [-0.05, 0) is 64.6 Å². The molecule has 18 heavy (non-hydrogen) atoms. The molecule has 3 heteroatoms. The van der Waals surface area contributed by atoms with Crippen molar-refractivity contribution < 1.29 is 4.74 Å². The minimum Gasteiger partial charge on any atom is -0.374 e. The largest absolute Gasteiger partial charge is 0.374 e. The maximum absolute atomic E-state index is 5.94. The molecule has 3 nitrogen and oxygen atoms in total. The number of likely N-dealkylation sites (tertiary alicyclic amines) is 1. The van der Waals surface area contributed by atoms with E-state index in [4.69, 9.17) is 4.74 Å². The standard InChI is InChI=1S/C15H30N2O/c1-3-8-16-10-14-5-4-9-17(11-14)12-15-7-6-13(2)18-15/h13-16H,3-12H2,1-2H3. The molecular formula is C15H30N2O. The first-order valence-corrected chi connectivity index (χ1v) is 7.86. The Balaban J connectivity index is 1.66. The molecule has 2 saturated heterocycles. The van der Waals surface area contributed by atoms with Crippen LogP contribution in [0.4, 0.5) is 0 Å². The molecule has 0 bridgehead atoms. The summed E-state index contributed by atoms with van der Waals surface area (Å²) < 4.78 is 5.94. The van der Waals surface area contributed by atoms with Crippen LogP contribution in [0.1, 0.15) is 46.0 Å². The Kier molecular flexibility index (Phi) is 5.93. The third-order valence-electron chi connectivity index (χ3n) is 4.24. The van der Waals surface area contributed by atoms with Crippen molar-refractivity contribution in [1.82, 2.24) is 10.2 Å². The number of nitrogens with one attached hydrogen (secondary N) is 1. The molecule has 0 aromatic rings.